The Hall–Kier alpha value is -3.26. The Morgan fingerprint density at radius 1 is 1.04 bits per heavy atom. The maximum Gasteiger partial charge on any atom is 0.306 e. The zero-order chi connectivity index (χ0) is 33.0. The maximum absolute atomic E-state index is 14.4. The minimum absolute atomic E-state index is 0. The Balaban J connectivity index is 0.000000442. The molecule has 2 aromatic carbocycles. The van der Waals surface area contributed by atoms with E-state index in [1.807, 2.05) is 32.3 Å². The van der Waals surface area contributed by atoms with Crippen LogP contribution in [-0.4, -0.2) is 48.6 Å². The number of benzene rings is 2. The van der Waals surface area contributed by atoms with Crippen molar-refractivity contribution >= 4 is 11.9 Å². The molecular weight excluding hydrogens is 613 g/mol. The number of primary amides is 1. The van der Waals surface area contributed by atoms with E-state index < -0.39 is 11.9 Å². The quantitative estimate of drug-likeness (QED) is 0.135. The van der Waals surface area contributed by atoms with Gasteiger partial charge in [-0.1, -0.05) is 38.2 Å². The molecule has 1 heterocycles. The third kappa shape index (κ3) is 12.6. The third-order valence-corrected chi connectivity index (χ3v) is 7.44. The normalized spacial score (nSPS) is 11.4. The first-order valence-corrected chi connectivity index (χ1v) is 15.3. The molecule has 1 unspecified atom stereocenters. The summed E-state index contributed by atoms with van der Waals surface area (Å²) in [6, 6.07) is 13.7. The number of esters is 1. The summed E-state index contributed by atoms with van der Waals surface area (Å²) in [5, 5.41) is 0. The van der Waals surface area contributed by atoms with E-state index in [1.165, 1.54) is 10.6 Å². The number of halogens is 1. The van der Waals surface area contributed by atoms with E-state index in [2.05, 4.69) is 50.8 Å². The molecule has 0 spiro atoms. The monoisotopic (exact) mass is 662 g/mol. The number of rotatable bonds is 13. The summed E-state index contributed by atoms with van der Waals surface area (Å²) in [6.45, 7) is 13.0. The zero-order valence-corrected chi connectivity index (χ0v) is 29.1. The van der Waals surface area contributed by atoms with Crippen LogP contribution in [0.15, 0.2) is 47.4 Å². The second-order valence-corrected chi connectivity index (χ2v) is 12.0. The molecule has 1 aromatic heterocycles. The molecule has 0 bridgehead atoms. The Morgan fingerprint density at radius 3 is 2.24 bits per heavy atom. The molecule has 0 saturated heterocycles. The molecule has 2 N–H and O–H groups in total. The number of aryl methyl sites for hydroxylation is 4. The van der Waals surface area contributed by atoms with E-state index in [9.17, 15) is 18.8 Å². The third-order valence-electron chi connectivity index (χ3n) is 7.44. The fourth-order valence-corrected chi connectivity index (χ4v) is 5.04. The molecule has 45 heavy (non-hydrogen) atoms. The molecule has 1 amide bonds. The molecule has 0 aliphatic rings. The fraction of sp³-hybridized carbons (Fsp3) is 0.472. The summed E-state index contributed by atoms with van der Waals surface area (Å²) in [6.07, 6.45) is 4.49. The molecule has 248 valence electrons. The van der Waals surface area contributed by atoms with Crippen LogP contribution in [0.5, 0.6) is 0 Å². The van der Waals surface area contributed by atoms with Gasteiger partial charge in [-0.15, -0.1) is 11.6 Å². The number of aromatic nitrogens is 1. The van der Waals surface area contributed by atoms with E-state index >= 15 is 0 Å². The Labute approximate surface area is 278 Å². The van der Waals surface area contributed by atoms with Gasteiger partial charge in [-0.2, -0.15) is 6.07 Å². The fourth-order valence-electron chi connectivity index (χ4n) is 5.04. The van der Waals surface area contributed by atoms with Crippen LogP contribution in [-0.2, 0) is 44.2 Å². The van der Waals surface area contributed by atoms with Gasteiger partial charge < -0.3 is 24.7 Å². The first-order valence-electron chi connectivity index (χ1n) is 15.3. The summed E-state index contributed by atoms with van der Waals surface area (Å²) in [7, 11) is 3.98. The Bertz CT molecular complexity index is 1450. The van der Waals surface area contributed by atoms with E-state index in [1.54, 1.807) is 20.0 Å². The molecule has 0 saturated carbocycles. The number of carbonyl (C=O) groups is 2. The minimum Gasteiger partial charge on any atom is -0.466 e. The van der Waals surface area contributed by atoms with Gasteiger partial charge in [-0.05, 0) is 125 Å². The van der Waals surface area contributed by atoms with Crippen molar-refractivity contribution in [3.63, 3.8) is 0 Å². The SMILES string of the molecule is CC(C)CCC(C(N)=O)n1cc(CCN(C)C)[c-]cc1=O.CCOC(=O)CCc1cc(-c2c(C)cccc2C)cc(C)c1F.[Fe]. The molecular formula is C36H49FFeN3O4-. The number of carbonyl (C=O) groups excluding carboxylic acids is 2. The van der Waals surface area contributed by atoms with Crippen molar-refractivity contribution in [3.05, 3.63) is 92.6 Å². The molecule has 0 radical (unpaired) electrons. The molecule has 9 heteroatoms. The second-order valence-electron chi connectivity index (χ2n) is 12.0. The number of hydrogen-bond donors (Lipinski definition) is 1. The van der Waals surface area contributed by atoms with Crippen LogP contribution in [0.2, 0.25) is 0 Å². The van der Waals surface area contributed by atoms with Crippen molar-refractivity contribution in [2.24, 2.45) is 11.7 Å². The van der Waals surface area contributed by atoms with Gasteiger partial charge in [0.25, 0.3) is 0 Å². The molecule has 7 nitrogen and oxygen atoms in total. The van der Waals surface area contributed by atoms with Gasteiger partial charge in [0.1, 0.15) is 11.4 Å². The van der Waals surface area contributed by atoms with Crippen molar-refractivity contribution < 1.29 is 35.8 Å². The van der Waals surface area contributed by atoms with Crippen LogP contribution in [0, 0.1) is 38.6 Å². The summed E-state index contributed by atoms with van der Waals surface area (Å²) in [4.78, 5) is 37.3. The van der Waals surface area contributed by atoms with Crippen molar-refractivity contribution in [1.29, 1.82) is 0 Å². The van der Waals surface area contributed by atoms with Crippen molar-refractivity contribution in [1.82, 2.24) is 9.47 Å². The van der Waals surface area contributed by atoms with Gasteiger partial charge >= 0.3 is 5.97 Å². The van der Waals surface area contributed by atoms with Crippen molar-refractivity contribution in [2.75, 3.05) is 27.2 Å². The van der Waals surface area contributed by atoms with Gasteiger partial charge in [0.2, 0.25) is 5.91 Å². The Kier molecular flexibility index (Phi) is 17.1. The van der Waals surface area contributed by atoms with Gasteiger partial charge in [-0.25, -0.2) is 4.39 Å². The van der Waals surface area contributed by atoms with Crippen molar-refractivity contribution in [2.45, 2.75) is 79.7 Å². The number of ether oxygens (including phenoxy) is 1. The molecule has 3 aromatic rings. The topological polar surface area (TPSA) is 94.6 Å². The molecule has 0 fully saturated rings. The number of amides is 1. The molecule has 0 aliphatic heterocycles. The summed E-state index contributed by atoms with van der Waals surface area (Å²) in [5.74, 6) is -0.514. The summed E-state index contributed by atoms with van der Waals surface area (Å²) >= 11 is 0. The van der Waals surface area contributed by atoms with E-state index in [4.69, 9.17) is 10.5 Å². The molecule has 3 rings (SSSR count). The van der Waals surface area contributed by atoms with E-state index in [-0.39, 0.29) is 40.8 Å². The van der Waals surface area contributed by atoms with Gasteiger partial charge in [0.15, 0.2) is 0 Å². The van der Waals surface area contributed by atoms with Crippen LogP contribution < -0.4 is 11.3 Å². The minimum atomic E-state index is -0.576. The van der Waals surface area contributed by atoms with E-state index in [0.717, 1.165) is 47.2 Å². The number of nitrogens with zero attached hydrogens (tertiary/aromatic N) is 2. The Morgan fingerprint density at radius 2 is 1.69 bits per heavy atom. The first kappa shape index (κ1) is 39.8. The van der Waals surface area contributed by atoms with Crippen LogP contribution in [0.25, 0.3) is 11.1 Å². The maximum atomic E-state index is 14.4. The van der Waals surface area contributed by atoms with Gasteiger partial charge in [0, 0.05) is 23.5 Å². The van der Waals surface area contributed by atoms with Crippen LogP contribution in [0.3, 0.4) is 0 Å². The van der Waals surface area contributed by atoms with Crippen molar-refractivity contribution in [3.8, 4) is 11.1 Å². The standard InChI is InChI=1S/C20H23FO2.C16H26N3O2.Fe/c1-5-23-18(22)10-9-16-12-17(11-15(4)20(16)21)19-13(2)7-6-8-14(19)3;1-12(2)5-7-14(16(17)21)19-11-13(6-8-15(19)20)9-10-18(3)4;/h6-8,11-12H,5,9-10H2,1-4H3;8,11-12,14H,5,7,9-10H2,1-4H3,(H2,17,21);/q;-1;. The number of likely N-dealkylation sites (N-methyl/N-ethyl adjacent to an activating group) is 1. The predicted molar refractivity (Wildman–Crippen MR) is 175 cm³/mol. The second kappa shape index (κ2) is 19.3. The van der Waals surface area contributed by atoms with Crippen LogP contribution in [0.4, 0.5) is 4.39 Å². The molecule has 0 aliphatic carbocycles. The molecule has 1 atom stereocenters. The van der Waals surface area contributed by atoms with E-state index in [0.29, 0.717) is 36.5 Å². The van der Waals surface area contributed by atoms with Gasteiger partial charge in [-0.3, -0.25) is 9.59 Å². The number of hydrogen-bond acceptors (Lipinski definition) is 5. The smallest absolute Gasteiger partial charge is 0.306 e. The largest absolute Gasteiger partial charge is 0.466 e. The average Bonchev–Trinajstić information content (AvgIpc) is 2.94. The number of pyridine rings is 1. The van der Waals surface area contributed by atoms with Gasteiger partial charge in [0.05, 0.1) is 12.6 Å². The predicted octanol–water partition coefficient (Wildman–Crippen LogP) is 6.13. The average molecular weight is 663 g/mol. The van der Waals surface area contributed by atoms with Crippen LogP contribution >= 0.6 is 0 Å². The summed E-state index contributed by atoms with van der Waals surface area (Å²) < 4.78 is 20.8. The summed E-state index contributed by atoms with van der Waals surface area (Å²) in [5.41, 5.74) is 11.8. The zero-order valence-electron chi connectivity index (χ0n) is 28.0. The van der Waals surface area contributed by atoms with Crippen LogP contribution in [0.1, 0.15) is 73.9 Å². The number of nitrogens with two attached hydrogens (primary N) is 1. The first-order chi connectivity index (χ1) is 20.7.